The second-order valence-corrected chi connectivity index (χ2v) is 5.63. The van der Waals surface area contributed by atoms with Crippen LogP contribution in [0.25, 0.3) is 5.69 Å². The van der Waals surface area contributed by atoms with Gasteiger partial charge >= 0.3 is 0 Å². The normalized spacial score (nSPS) is 11.8. The van der Waals surface area contributed by atoms with Crippen LogP contribution in [-0.2, 0) is 27.9 Å². The van der Waals surface area contributed by atoms with Crippen molar-refractivity contribution in [2.24, 2.45) is 10.9 Å². The van der Waals surface area contributed by atoms with Crippen molar-refractivity contribution in [2.45, 2.75) is 18.0 Å². The van der Waals surface area contributed by atoms with Gasteiger partial charge in [0.25, 0.3) is 0 Å². The summed E-state index contributed by atoms with van der Waals surface area (Å²) in [6.45, 7) is 0.546. The lowest BCUT2D eigenvalue weighted by molar-refractivity contribution is 0.178. The summed E-state index contributed by atoms with van der Waals surface area (Å²) in [6, 6.07) is 6.00. The van der Waals surface area contributed by atoms with E-state index in [-0.39, 0.29) is 11.4 Å². The minimum Gasteiger partial charge on any atom is -0.378 e. The van der Waals surface area contributed by atoms with Crippen LogP contribution in [0.1, 0.15) is 11.4 Å². The number of benzene rings is 1. The average molecular weight is 297 g/mol. The minimum absolute atomic E-state index is 0.0358. The van der Waals surface area contributed by atoms with E-state index >= 15 is 0 Å². The molecule has 1 aromatic heterocycles. The Morgan fingerprint density at radius 2 is 1.95 bits per heavy atom. The number of nitrogens with zero attached hydrogens (tertiary/aromatic N) is 3. The molecule has 2 aromatic rings. The molecule has 0 aliphatic heterocycles. The first-order valence-corrected chi connectivity index (χ1v) is 7.27. The molecular weight excluding hydrogens is 282 g/mol. The van der Waals surface area contributed by atoms with Crippen LogP contribution in [0.2, 0.25) is 0 Å². The van der Waals surface area contributed by atoms with Gasteiger partial charge in [-0.3, -0.25) is 0 Å². The fourth-order valence-corrected chi connectivity index (χ4v) is 2.27. The number of rotatable bonds is 5. The molecule has 20 heavy (non-hydrogen) atoms. The summed E-state index contributed by atoms with van der Waals surface area (Å²) in [6.07, 6.45) is 0. The number of primary sulfonamides is 1. The number of methoxy groups -OCH3 is 1. The van der Waals surface area contributed by atoms with Crippen molar-refractivity contribution in [3.8, 4) is 5.69 Å². The first-order chi connectivity index (χ1) is 9.47. The predicted octanol–water partition coefficient (Wildman–Crippen LogP) is -0.480. The highest BCUT2D eigenvalue weighted by Crippen LogP contribution is 2.16. The van der Waals surface area contributed by atoms with Gasteiger partial charge in [-0.1, -0.05) is 5.21 Å². The lowest BCUT2D eigenvalue weighted by atomic mass is 10.3. The second kappa shape index (κ2) is 5.67. The van der Waals surface area contributed by atoms with Gasteiger partial charge < -0.3 is 10.5 Å². The van der Waals surface area contributed by atoms with E-state index in [0.29, 0.717) is 18.0 Å². The van der Waals surface area contributed by atoms with Crippen molar-refractivity contribution < 1.29 is 13.2 Å². The van der Waals surface area contributed by atoms with Crippen LogP contribution < -0.4 is 10.9 Å². The maximum absolute atomic E-state index is 11.2. The molecule has 8 nitrogen and oxygen atoms in total. The molecule has 0 aliphatic rings. The van der Waals surface area contributed by atoms with Gasteiger partial charge in [0.1, 0.15) is 5.69 Å². The van der Waals surface area contributed by atoms with Crippen LogP contribution in [0.5, 0.6) is 0 Å². The number of aromatic nitrogens is 3. The van der Waals surface area contributed by atoms with E-state index in [9.17, 15) is 8.42 Å². The topological polar surface area (TPSA) is 126 Å². The second-order valence-electron chi connectivity index (χ2n) is 4.07. The van der Waals surface area contributed by atoms with Crippen LogP contribution in [0.15, 0.2) is 29.2 Å². The first kappa shape index (κ1) is 14.6. The SMILES string of the molecule is COCc1c(CN)nnn1-c1ccc(S(N)(=O)=O)cc1. The first-order valence-electron chi connectivity index (χ1n) is 5.73. The van der Waals surface area contributed by atoms with Crippen molar-refractivity contribution in [2.75, 3.05) is 7.11 Å². The highest BCUT2D eigenvalue weighted by molar-refractivity contribution is 7.89. The number of nitrogens with two attached hydrogens (primary N) is 2. The highest BCUT2D eigenvalue weighted by Gasteiger charge is 2.14. The van der Waals surface area contributed by atoms with E-state index in [1.165, 1.54) is 12.1 Å². The van der Waals surface area contributed by atoms with Crippen molar-refractivity contribution in [3.63, 3.8) is 0 Å². The zero-order chi connectivity index (χ0) is 14.8. The zero-order valence-corrected chi connectivity index (χ0v) is 11.7. The fourth-order valence-electron chi connectivity index (χ4n) is 1.76. The molecule has 1 heterocycles. The molecule has 108 valence electrons. The molecule has 4 N–H and O–H groups in total. The molecule has 9 heteroatoms. The predicted molar refractivity (Wildman–Crippen MR) is 71.3 cm³/mol. The third kappa shape index (κ3) is 2.85. The van der Waals surface area contributed by atoms with E-state index < -0.39 is 10.0 Å². The van der Waals surface area contributed by atoms with Crippen LogP contribution >= 0.6 is 0 Å². The monoisotopic (exact) mass is 297 g/mol. The Morgan fingerprint density at radius 1 is 1.30 bits per heavy atom. The van der Waals surface area contributed by atoms with Crippen molar-refractivity contribution in [1.29, 1.82) is 0 Å². The smallest absolute Gasteiger partial charge is 0.238 e. The quantitative estimate of drug-likeness (QED) is 0.767. The molecule has 2 rings (SSSR count). The average Bonchev–Trinajstić information content (AvgIpc) is 2.81. The van der Waals surface area contributed by atoms with E-state index in [2.05, 4.69) is 10.3 Å². The lowest BCUT2D eigenvalue weighted by Gasteiger charge is -2.07. The summed E-state index contributed by atoms with van der Waals surface area (Å²) in [7, 11) is -2.15. The number of ether oxygens (including phenoxy) is 1. The summed E-state index contributed by atoms with van der Waals surface area (Å²) in [4.78, 5) is 0.0358. The molecule has 0 unspecified atom stereocenters. The molecule has 0 aliphatic carbocycles. The Morgan fingerprint density at radius 3 is 2.45 bits per heavy atom. The number of sulfonamides is 1. The summed E-state index contributed by atoms with van der Waals surface area (Å²) < 4.78 is 29.1. The molecular formula is C11H15N5O3S. The van der Waals surface area contributed by atoms with E-state index in [4.69, 9.17) is 15.6 Å². The fraction of sp³-hybridized carbons (Fsp3) is 0.273. The summed E-state index contributed by atoms with van der Waals surface area (Å²) in [5.74, 6) is 0. The van der Waals surface area contributed by atoms with E-state index in [1.54, 1.807) is 23.9 Å². The maximum atomic E-state index is 11.2. The summed E-state index contributed by atoms with van der Waals surface area (Å²) >= 11 is 0. The number of hydrogen-bond acceptors (Lipinski definition) is 6. The van der Waals surface area contributed by atoms with Crippen LogP contribution in [-0.4, -0.2) is 30.5 Å². The zero-order valence-electron chi connectivity index (χ0n) is 10.9. The van der Waals surface area contributed by atoms with Gasteiger partial charge in [0, 0.05) is 13.7 Å². The molecule has 0 amide bonds. The van der Waals surface area contributed by atoms with Crippen LogP contribution in [0, 0.1) is 0 Å². The van der Waals surface area contributed by atoms with Gasteiger partial charge in [0.2, 0.25) is 10.0 Å². The minimum atomic E-state index is -3.71. The van der Waals surface area contributed by atoms with Crippen LogP contribution in [0.4, 0.5) is 0 Å². The van der Waals surface area contributed by atoms with Gasteiger partial charge in [0.15, 0.2) is 0 Å². The van der Waals surface area contributed by atoms with Crippen molar-refractivity contribution in [1.82, 2.24) is 15.0 Å². The van der Waals surface area contributed by atoms with Gasteiger partial charge in [-0.15, -0.1) is 5.10 Å². The number of hydrogen-bond donors (Lipinski definition) is 2. The molecule has 0 saturated carbocycles. The molecule has 0 atom stereocenters. The molecule has 0 bridgehead atoms. The Hall–Kier alpha value is -1.81. The Bertz CT molecular complexity index is 693. The molecule has 0 radical (unpaired) electrons. The summed E-state index contributed by atoms with van der Waals surface area (Å²) in [5, 5.41) is 13.0. The molecule has 0 spiro atoms. The Kier molecular flexibility index (Phi) is 4.14. The van der Waals surface area contributed by atoms with Crippen molar-refractivity contribution in [3.05, 3.63) is 35.7 Å². The molecule has 0 saturated heterocycles. The summed E-state index contributed by atoms with van der Waals surface area (Å²) in [5.41, 5.74) is 7.58. The largest absolute Gasteiger partial charge is 0.378 e. The Labute approximate surface area is 116 Å². The van der Waals surface area contributed by atoms with Crippen molar-refractivity contribution >= 4 is 10.0 Å². The molecule has 0 fully saturated rings. The van der Waals surface area contributed by atoms with Gasteiger partial charge in [-0.05, 0) is 24.3 Å². The standard InChI is InChI=1S/C11H15N5O3S/c1-19-7-11-10(6-12)14-15-16(11)8-2-4-9(5-3-8)20(13,17)18/h2-5H,6-7,12H2,1H3,(H2,13,17,18). The van der Waals surface area contributed by atoms with Gasteiger partial charge in [0.05, 0.1) is 22.9 Å². The van der Waals surface area contributed by atoms with Crippen LogP contribution in [0.3, 0.4) is 0 Å². The third-order valence-electron chi connectivity index (χ3n) is 2.73. The molecule has 1 aromatic carbocycles. The third-order valence-corrected chi connectivity index (χ3v) is 3.66. The Balaban J connectivity index is 2.44. The highest BCUT2D eigenvalue weighted by atomic mass is 32.2. The maximum Gasteiger partial charge on any atom is 0.238 e. The van der Waals surface area contributed by atoms with E-state index in [0.717, 1.165) is 5.69 Å². The van der Waals surface area contributed by atoms with Gasteiger partial charge in [-0.2, -0.15) is 0 Å². The van der Waals surface area contributed by atoms with E-state index in [1.807, 2.05) is 0 Å². The lowest BCUT2D eigenvalue weighted by Crippen LogP contribution is -2.12. The van der Waals surface area contributed by atoms with Gasteiger partial charge in [-0.25, -0.2) is 18.2 Å².